The molecule has 0 spiro atoms. The fourth-order valence-corrected chi connectivity index (χ4v) is 1.68. The molecule has 0 amide bonds. The molecule has 0 fully saturated rings. The lowest BCUT2D eigenvalue weighted by molar-refractivity contribution is 0.0651. The number of carboxylic acids is 1. The highest BCUT2D eigenvalue weighted by atomic mass is 16.5. The summed E-state index contributed by atoms with van der Waals surface area (Å²) in [6.45, 7) is 1.63. The Bertz CT molecular complexity index is 706. The predicted molar refractivity (Wildman–Crippen MR) is 54.7 cm³/mol. The fraction of sp³-hybridized carbons (Fsp3) is 0.100. The summed E-state index contributed by atoms with van der Waals surface area (Å²) in [6, 6.07) is 0. The number of nitrogens with zero attached hydrogens (tertiary/aromatic N) is 3. The Morgan fingerprint density at radius 3 is 3.06 bits per heavy atom. The number of hydrogen-bond acceptors (Lipinski definition) is 5. The van der Waals surface area contributed by atoms with Crippen molar-refractivity contribution in [2.45, 2.75) is 6.92 Å². The molecule has 0 radical (unpaired) electrons. The van der Waals surface area contributed by atoms with E-state index in [4.69, 9.17) is 14.0 Å². The molecule has 17 heavy (non-hydrogen) atoms. The van der Waals surface area contributed by atoms with Gasteiger partial charge in [0, 0.05) is 11.8 Å². The number of aromatic nitrogens is 3. The van der Waals surface area contributed by atoms with Crippen LogP contribution in [0.25, 0.3) is 17.2 Å². The van der Waals surface area contributed by atoms with Crippen LogP contribution in [-0.4, -0.2) is 25.6 Å². The van der Waals surface area contributed by atoms with Gasteiger partial charge in [-0.1, -0.05) is 5.16 Å². The molecular formula is C10H7N3O4. The molecule has 0 unspecified atom stereocenters. The zero-order valence-corrected chi connectivity index (χ0v) is 8.75. The van der Waals surface area contributed by atoms with E-state index < -0.39 is 5.97 Å². The van der Waals surface area contributed by atoms with Crippen molar-refractivity contribution in [1.82, 2.24) is 14.5 Å². The molecule has 0 aliphatic heterocycles. The first kappa shape index (κ1) is 9.64. The zero-order chi connectivity index (χ0) is 12.0. The summed E-state index contributed by atoms with van der Waals surface area (Å²) in [6.07, 6.45) is 4.71. The van der Waals surface area contributed by atoms with E-state index in [9.17, 15) is 4.79 Å². The van der Waals surface area contributed by atoms with Crippen LogP contribution in [0.3, 0.4) is 0 Å². The summed E-state index contributed by atoms with van der Waals surface area (Å²) < 4.78 is 11.5. The van der Waals surface area contributed by atoms with Gasteiger partial charge in [0.05, 0.1) is 11.9 Å². The third kappa shape index (κ3) is 1.25. The van der Waals surface area contributed by atoms with Crippen molar-refractivity contribution in [3.8, 4) is 11.4 Å². The average Bonchev–Trinajstić information content (AvgIpc) is 2.91. The highest BCUT2D eigenvalue weighted by Gasteiger charge is 2.21. The van der Waals surface area contributed by atoms with Crippen LogP contribution in [0.5, 0.6) is 0 Å². The molecule has 0 aliphatic carbocycles. The van der Waals surface area contributed by atoms with E-state index in [1.165, 1.54) is 6.26 Å². The summed E-state index contributed by atoms with van der Waals surface area (Å²) in [4.78, 5) is 14.9. The van der Waals surface area contributed by atoms with Crippen molar-refractivity contribution in [2.75, 3.05) is 0 Å². The minimum Gasteiger partial charge on any atom is -0.475 e. The van der Waals surface area contributed by atoms with E-state index in [-0.39, 0.29) is 5.76 Å². The van der Waals surface area contributed by atoms with Gasteiger partial charge in [0.2, 0.25) is 5.76 Å². The van der Waals surface area contributed by atoms with Crippen LogP contribution in [-0.2, 0) is 0 Å². The van der Waals surface area contributed by atoms with Gasteiger partial charge in [-0.3, -0.25) is 4.40 Å². The lowest BCUT2D eigenvalue weighted by atomic mass is 10.2. The van der Waals surface area contributed by atoms with Gasteiger partial charge in [-0.05, 0) is 6.92 Å². The van der Waals surface area contributed by atoms with Crippen LogP contribution < -0.4 is 0 Å². The van der Waals surface area contributed by atoms with Crippen LogP contribution in [0.4, 0.5) is 0 Å². The maximum Gasteiger partial charge on any atom is 0.375 e. The van der Waals surface area contributed by atoms with Crippen molar-refractivity contribution >= 4 is 11.8 Å². The smallest absolute Gasteiger partial charge is 0.375 e. The van der Waals surface area contributed by atoms with Gasteiger partial charge >= 0.3 is 11.8 Å². The monoisotopic (exact) mass is 233 g/mol. The first-order valence-corrected chi connectivity index (χ1v) is 4.79. The standard InChI is InChI=1S/C10H7N3O4/c1-5-7(12-17-8(5)9(14)15)6-4-11-10-13(6)2-3-16-10/h2-4H,1H3,(H,14,15). The number of rotatable bonds is 2. The first-order valence-electron chi connectivity index (χ1n) is 4.79. The van der Waals surface area contributed by atoms with E-state index in [1.54, 1.807) is 23.7 Å². The molecule has 0 bridgehead atoms. The van der Waals surface area contributed by atoms with Gasteiger partial charge in [-0.25, -0.2) is 9.78 Å². The number of fused-ring (bicyclic) bond motifs is 1. The molecule has 0 aliphatic rings. The van der Waals surface area contributed by atoms with E-state index >= 15 is 0 Å². The molecule has 3 aromatic rings. The second-order valence-corrected chi connectivity index (χ2v) is 3.49. The summed E-state index contributed by atoms with van der Waals surface area (Å²) >= 11 is 0. The van der Waals surface area contributed by atoms with E-state index in [0.717, 1.165) is 0 Å². The van der Waals surface area contributed by atoms with E-state index in [1.807, 2.05) is 0 Å². The number of aromatic carboxylic acids is 1. The van der Waals surface area contributed by atoms with Crippen LogP contribution >= 0.6 is 0 Å². The maximum absolute atomic E-state index is 10.8. The highest BCUT2D eigenvalue weighted by molar-refractivity contribution is 5.88. The average molecular weight is 233 g/mol. The third-order valence-corrected chi connectivity index (χ3v) is 2.51. The van der Waals surface area contributed by atoms with Crippen LogP contribution in [0, 0.1) is 6.92 Å². The van der Waals surface area contributed by atoms with Gasteiger partial charge in [-0.15, -0.1) is 0 Å². The van der Waals surface area contributed by atoms with Crippen molar-refractivity contribution in [3.05, 3.63) is 30.0 Å². The fourth-order valence-electron chi connectivity index (χ4n) is 1.68. The third-order valence-electron chi connectivity index (χ3n) is 2.51. The minimum absolute atomic E-state index is 0.168. The molecule has 0 saturated carbocycles. The minimum atomic E-state index is -1.14. The van der Waals surface area contributed by atoms with Crippen LogP contribution in [0.15, 0.2) is 27.6 Å². The van der Waals surface area contributed by atoms with E-state index in [2.05, 4.69) is 10.1 Å². The van der Waals surface area contributed by atoms with Gasteiger partial charge in [0.25, 0.3) is 0 Å². The summed E-state index contributed by atoms with van der Waals surface area (Å²) in [5, 5.41) is 12.6. The van der Waals surface area contributed by atoms with Gasteiger partial charge in [0.15, 0.2) is 0 Å². The van der Waals surface area contributed by atoms with Crippen molar-refractivity contribution in [1.29, 1.82) is 0 Å². The molecule has 0 atom stereocenters. The normalized spacial score (nSPS) is 11.1. The molecular weight excluding hydrogens is 226 g/mol. The maximum atomic E-state index is 10.8. The van der Waals surface area contributed by atoms with E-state index in [0.29, 0.717) is 22.8 Å². The molecule has 7 nitrogen and oxygen atoms in total. The van der Waals surface area contributed by atoms with Gasteiger partial charge in [0.1, 0.15) is 12.0 Å². The summed E-state index contributed by atoms with van der Waals surface area (Å²) in [5.41, 5.74) is 1.53. The lowest BCUT2D eigenvalue weighted by Crippen LogP contribution is -1.96. The van der Waals surface area contributed by atoms with Crippen molar-refractivity contribution in [2.24, 2.45) is 0 Å². The molecule has 7 heteroatoms. The zero-order valence-electron chi connectivity index (χ0n) is 8.75. The Hall–Kier alpha value is -2.57. The molecule has 3 rings (SSSR count). The molecule has 86 valence electrons. The SMILES string of the molecule is Cc1c(-c2cnc3occn23)noc1C(=O)O. The number of hydrogen-bond donors (Lipinski definition) is 1. The largest absolute Gasteiger partial charge is 0.475 e. The molecule has 3 heterocycles. The Labute approximate surface area is 94.3 Å². The number of carbonyl (C=O) groups is 1. The number of imidazole rings is 1. The second kappa shape index (κ2) is 3.21. The second-order valence-electron chi connectivity index (χ2n) is 3.49. The summed E-state index contributed by atoms with van der Waals surface area (Å²) in [7, 11) is 0. The molecule has 0 aromatic carbocycles. The lowest BCUT2D eigenvalue weighted by Gasteiger charge is -1.93. The van der Waals surface area contributed by atoms with Crippen LogP contribution in [0.1, 0.15) is 16.1 Å². The predicted octanol–water partition coefficient (Wildman–Crippen LogP) is 1.59. The Morgan fingerprint density at radius 2 is 2.35 bits per heavy atom. The Kier molecular flexibility index (Phi) is 1.82. The van der Waals surface area contributed by atoms with Crippen LogP contribution in [0.2, 0.25) is 0 Å². The molecule has 1 N–H and O–H groups in total. The highest BCUT2D eigenvalue weighted by Crippen LogP contribution is 2.25. The van der Waals surface area contributed by atoms with Gasteiger partial charge in [-0.2, -0.15) is 0 Å². The molecule has 0 saturated heterocycles. The topological polar surface area (TPSA) is 93.8 Å². The molecule has 3 aromatic heterocycles. The summed E-state index contributed by atoms with van der Waals surface area (Å²) in [5.74, 6) is -0.896. The quantitative estimate of drug-likeness (QED) is 0.722. The van der Waals surface area contributed by atoms with Crippen molar-refractivity contribution < 1.29 is 18.8 Å². The Balaban J connectivity index is 2.23. The number of carboxylic acid groups (broad SMARTS) is 1. The Morgan fingerprint density at radius 1 is 1.53 bits per heavy atom. The number of oxazole rings is 1. The van der Waals surface area contributed by atoms with Gasteiger partial charge < -0.3 is 14.0 Å². The van der Waals surface area contributed by atoms with Crippen molar-refractivity contribution in [3.63, 3.8) is 0 Å². The first-order chi connectivity index (χ1) is 8.18.